The van der Waals surface area contributed by atoms with Gasteiger partial charge in [0.2, 0.25) is 0 Å². The smallest absolute Gasteiger partial charge is 0.257 e. The van der Waals surface area contributed by atoms with E-state index < -0.39 is 0 Å². The van der Waals surface area contributed by atoms with Gasteiger partial charge >= 0.3 is 0 Å². The van der Waals surface area contributed by atoms with Crippen LogP contribution in [0.4, 0.5) is 0 Å². The number of amides is 1. The number of fused-ring (bicyclic) bond motifs is 2. The molecule has 0 aliphatic carbocycles. The van der Waals surface area contributed by atoms with Crippen LogP contribution in [0.1, 0.15) is 69.2 Å². The lowest BCUT2D eigenvalue weighted by atomic mass is 9.76. The van der Waals surface area contributed by atoms with E-state index >= 15 is 0 Å². The zero-order chi connectivity index (χ0) is 24.0. The van der Waals surface area contributed by atoms with Crippen molar-refractivity contribution in [1.29, 1.82) is 0 Å². The molecule has 1 fully saturated rings. The topological polar surface area (TPSA) is 41.6 Å². The summed E-state index contributed by atoms with van der Waals surface area (Å²) in [6, 6.07) is 19.1. The van der Waals surface area contributed by atoms with E-state index in [9.17, 15) is 4.79 Å². The molecular weight excluding hydrogens is 420 g/mol. The third-order valence-corrected chi connectivity index (χ3v) is 7.33. The molecule has 0 aromatic heterocycles. The second-order valence-corrected chi connectivity index (χ2v) is 9.37. The quantitative estimate of drug-likeness (QED) is 0.312. The zero-order valence-corrected chi connectivity index (χ0v) is 20.8. The maximum Gasteiger partial charge on any atom is 0.257 e. The molecule has 1 saturated heterocycles. The third kappa shape index (κ3) is 4.97. The highest BCUT2D eigenvalue weighted by Crippen LogP contribution is 2.38. The molecule has 34 heavy (non-hydrogen) atoms. The van der Waals surface area contributed by atoms with Crippen molar-refractivity contribution in [2.24, 2.45) is 0 Å². The lowest BCUT2D eigenvalue weighted by Crippen LogP contribution is -2.55. The number of ether oxygens (including phenoxy) is 1. The van der Waals surface area contributed by atoms with Crippen molar-refractivity contribution >= 4 is 5.91 Å². The van der Waals surface area contributed by atoms with E-state index in [1.807, 2.05) is 49.1 Å². The molecule has 1 N–H and O–H groups in total. The number of carbonyl (C=O) groups excluding carboxylic acids is 1. The van der Waals surface area contributed by atoms with Gasteiger partial charge in [-0.05, 0) is 62.3 Å². The number of hydrogen-bond acceptors (Lipinski definition) is 3. The minimum absolute atomic E-state index is 0.0127. The van der Waals surface area contributed by atoms with Gasteiger partial charge in [0, 0.05) is 25.2 Å². The average Bonchev–Trinajstić information content (AvgIpc) is 2.89. The zero-order valence-electron chi connectivity index (χ0n) is 20.8. The van der Waals surface area contributed by atoms with Gasteiger partial charge in [0.05, 0.1) is 5.57 Å². The van der Waals surface area contributed by atoms with Gasteiger partial charge in [0.25, 0.3) is 5.91 Å². The fourth-order valence-electron chi connectivity index (χ4n) is 5.48. The van der Waals surface area contributed by atoms with Crippen LogP contribution in [0.5, 0.6) is 0 Å². The molecule has 1 unspecified atom stereocenters. The number of benzene rings is 2. The highest BCUT2D eigenvalue weighted by atomic mass is 16.5. The van der Waals surface area contributed by atoms with E-state index in [1.165, 1.54) is 11.1 Å². The van der Waals surface area contributed by atoms with Crippen LogP contribution in [0.2, 0.25) is 0 Å². The highest BCUT2D eigenvalue weighted by molar-refractivity contribution is 5.97. The standard InChI is InChI=1S/C30H38N2O2/c1-4-12-28(24-14-8-7-9-15-24)34-27(6-3)25(5-2)29(33)32-21-18-30(19-22-32)26-16-11-10-13-23(26)17-20-31-30/h5-11,13-16,28,31H,4,12,17-22H2,1-3H3/b25-5+,27-6+. The van der Waals surface area contributed by atoms with Gasteiger partial charge in [0.1, 0.15) is 11.9 Å². The minimum Gasteiger partial charge on any atom is -0.485 e. The van der Waals surface area contributed by atoms with Gasteiger partial charge in [-0.1, -0.05) is 74.0 Å². The van der Waals surface area contributed by atoms with E-state index in [-0.39, 0.29) is 17.6 Å². The van der Waals surface area contributed by atoms with Crippen molar-refractivity contribution < 1.29 is 9.53 Å². The normalized spacial score (nSPS) is 19.0. The maximum absolute atomic E-state index is 13.6. The van der Waals surface area contributed by atoms with Gasteiger partial charge < -0.3 is 15.0 Å². The summed E-state index contributed by atoms with van der Waals surface area (Å²) in [6.45, 7) is 8.53. The Kier molecular flexibility index (Phi) is 7.89. The first-order valence-electron chi connectivity index (χ1n) is 12.8. The van der Waals surface area contributed by atoms with Gasteiger partial charge in [-0.3, -0.25) is 4.79 Å². The number of rotatable bonds is 7. The summed E-state index contributed by atoms with van der Waals surface area (Å²) in [4.78, 5) is 15.6. The molecule has 4 rings (SSSR count). The van der Waals surface area contributed by atoms with Crippen LogP contribution < -0.4 is 5.32 Å². The Morgan fingerprint density at radius 1 is 1.06 bits per heavy atom. The molecule has 0 bridgehead atoms. The van der Waals surface area contributed by atoms with E-state index in [0.717, 1.165) is 57.3 Å². The van der Waals surface area contributed by atoms with Crippen molar-refractivity contribution in [3.63, 3.8) is 0 Å². The first-order valence-corrected chi connectivity index (χ1v) is 12.8. The Morgan fingerprint density at radius 2 is 1.76 bits per heavy atom. The van der Waals surface area contributed by atoms with Crippen molar-refractivity contribution in [2.75, 3.05) is 19.6 Å². The SMILES string of the molecule is C/C=C(OC(CCC)c1ccccc1)\C(=C/C)C(=O)N1CCC2(CC1)NCCc1ccccc12. The monoisotopic (exact) mass is 458 g/mol. The summed E-state index contributed by atoms with van der Waals surface area (Å²) in [7, 11) is 0. The minimum atomic E-state index is -0.0623. The number of hydrogen-bond donors (Lipinski definition) is 1. The Bertz CT molecular complexity index is 1030. The van der Waals surface area contributed by atoms with Crippen LogP contribution in [-0.2, 0) is 21.5 Å². The van der Waals surface area contributed by atoms with Crippen molar-refractivity contribution in [3.05, 3.63) is 94.8 Å². The van der Waals surface area contributed by atoms with Crippen LogP contribution in [-0.4, -0.2) is 30.4 Å². The lowest BCUT2D eigenvalue weighted by molar-refractivity contribution is -0.129. The summed E-state index contributed by atoms with van der Waals surface area (Å²) in [5.41, 5.74) is 4.66. The van der Waals surface area contributed by atoms with Gasteiger partial charge in [0.15, 0.2) is 0 Å². The second kappa shape index (κ2) is 11.1. The molecule has 4 heteroatoms. The van der Waals surface area contributed by atoms with Crippen LogP contribution >= 0.6 is 0 Å². The fraction of sp³-hybridized carbons (Fsp3) is 0.433. The number of nitrogens with one attached hydrogen (secondary N) is 1. The second-order valence-electron chi connectivity index (χ2n) is 9.37. The molecule has 4 nitrogen and oxygen atoms in total. The number of nitrogens with zero attached hydrogens (tertiary/aromatic N) is 1. The van der Waals surface area contributed by atoms with Crippen LogP contribution in [0, 0.1) is 0 Å². The number of piperidine rings is 1. The molecule has 0 radical (unpaired) electrons. The largest absolute Gasteiger partial charge is 0.485 e. The van der Waals surface area contributed by atoms with Crippen LogP contribution in [0.25, 0.3) is 0 Å². The number of carbonyl (C=O) groups is 1. The molecule has 2 aliphatic rings. The Balaban J connectivity index is 1.47. The molecule has 2 heterocycles. The summed E-state index contributed by atoms with van der Waals surface area (Å²) in [6.07, 6.45) is 8.64. The lowest BCUT2D eigenvalue weighted by Gasteiger charge is -2.46. The Labute approximate surface area is 204 Å². The maximum atomic E-state index is 13.6. The predicted molar refractivity (Wildman–Crippen MR) is 138 cm³/mol. The summed E-state index contributed by atoms with van der Waals surface area (Å²) in [5, 5.41) is 3.80. The van der Waals surface area contributed by atoms with Crippen LogP contribution in [0.3, 0.4) is 0 Å². The van der Waals surface area contributed by atoms with Crippen molar-refractivity contribution in [2.45, 2.75) is 64.5 Å². The van der Waals surface area contributed by atoms with Crippen LogP contribution in [0.15, 0.2) is 78.1 Å². The van der Waals surface area contributed by atoms with E-state index in [2.05, 4.69) is 48.6 Å². The predicted octanol–water partition coefficient (Wildman–Crippen LogP) is 6.06. The molecule has 2 aromatic rings. The molecule has 2 aliphatic heterocycles. The molecule has 1 spiro atoms. The summed E-state index contributed by atoms with van der Waals surface area (Å²) < 4.78 is 6.48. The average molecular weight is 459 g/mol. The molecule has 180 valence electrons. The third-order valence-electron chi connectivity index (χ3n) is 7.33. The highest BCUT2D eigenvalue weighted by Gasteiger charge is 2.40. The van der Waals surface area contributed by atoms with E-state index in [1.54, 1.807) is 0 Å². The molecule has 0 saturated carbocycles. The molecule has 2 aromatic carbocycles. The fourth-order valence-corrected chi connectivity index (χ4v) is 5.48. The number of likely N-dealkylation sites (tertiary alicyclic amines) is 1. The summed E-state index contributed by atoms with van der Waals surface area (Å²) in [5.74, 6) is 0.745. The first kappa shape index (κ1) is 24.3. The van der Waals surface area contributed by atoms with E-state index in [4.69, 9.17) is 4.74 Å². The van der Waals surface area contributed by atoms with Crippen molar-refractivity contribution in [1.82, 2.24) is 10.2 Å². The molecule has 1 amide bonds. The van der Waals surface area contributed by atoms with E-state index in [0.29, 0.717) is 11.3 Å². The van der Waals surface area contributed by atoms with Crippen molar-refractivity contribution in [3.8, 4) is 0 Å². The molecule has 1 atom stereocenters. The van der Waals surface area contributed by atoms with Gasteiger partial charge in [-0.15, -0.1) is 0 Å². The summed E-state index contributed by atoms with van der Waals surface area (Å²) >= 11 is 0. The van der Waals surface area contributed by atoms with Gasteiger partial charge in [-0.2, -0.15) is 0 Å². The Hall–Kier alpha value is -2.85. The van der Waals surface area contributed by atoms with Gasteiger partial charge in [-0.25, -0.2) is 0 Å². The molecular formula is C30H38N2O2. The first-order chi connectivity index (χ1) is 16.6. The Morgan fingerprint density at radius 3 is 2.44 bits per heavy atom. The number of allylic oxidation sites excluding steroid dienone is 2.